The Kier molecular flexibility index (Phi) is 5.54. The van der Waals surface area contributed by atoms with Gasteiger partial charge in [0.2, 0.25) is 0 Å². The fourth-order valence-electron chi connectivity index (χ4n) is 1.47. The molecule has 0 saturated heterocycles. The smallest absolute Gasteiger partial charge is 0.337 e. The minimum atomic E-state index is -1.18. The fourth-order valence-corrected chi connectivity index (χ4v) is 1.47. The van der Waals surface area contributed by atoms with Crippen LogP contribution >= 0.6 is 0 Å². The molecule has 5 nitrogen and oxygen atoms in total. The van der Waals surface area contributed by atoms with E-state index in [4.69, 9.17) is 14.6 Å². The maximum atomic E-state index is 13.0. The van der Waals surface area contributed by atoms with E-state index in [1.54, 1.807) is 7.11 Å². The van der Waals surface area contributed by atoms with E-state index < -0.39 is 11.8 Å². The van der Waals surface area contributed by atoms with Crippen molar-refractivity contribution in [3.8, 4) is 0 Å². The summed E-state index contributed by atoms with van der Waals surface area (Å²) in [5.41, 5.74) is 0.240. The quantitative estimate of drug-likeness (QED) is 0.776. The largest absolute Gasteiger partial charge is 0.478 e. The van der Waals surface area contributed by atoms with Crippen molar-refractivity contribution in [1.29, 1.82) is 0 Å². The summed E-state index contributed by atoms with van der Waals surface area (Å²) >= 11 is 0. The summed E-state index contributed by atoms with van der Waals surface area (Å²) in [5, 5.41) is 11.9. The highest BCUT2D eigenvalue weighted by Gasteiger charge is 2.13. The number of hydrogen-bond acceptors (Lipinski definition) is 4. The Morgan fingerprint density at radius 1 is 1.50 bits per heavy atom. The van der Waals surface area contributed by atoms with Crippen molar-refractivity contribution in [1.82, 2.24) is 0 Å². The second-order valence-electron chi connectivity index (χ2n) is 3.69. The number of halogens is 1. The number of carbonyl (C=O) groups is 1. The van der Waals surface area contributed by atoms with E-state index in [1.165, 1.54) is 19.2 Å². The summed E-state index contributed by atoms with van der Waals surface area (Å²) in [7, 11) is 3.08. The van der Waals surface area contributed by atoms with Crippen LogP contribution in [0.1, 0.15) is 10.4 Å². The summed E-state index contributed by atoms with van der Waals surface area (Å²) < 4.78 is 23.0. The number of benzene rings is 1. The lowest BCUT2D eigenvalue weighted by molar-refractivity contribution is 0.0365. The second kappa shape index (κ2) is 6.93. The van der Waals surface area contributed by atoms with Crippen LogP contribution in [0.25, 0.3) is 0 Å². The molecule has 100 valence electrons. The molecule has 6 heteroatoms. The first kappa shape index (κ1) is 14.4. The average Bonchev–Trinajstić information content (AvgIpc) is 2.35. The van der Waals surface area contributed by atoms with Gasteiger partial charge in [-0.15, -0.1) is 0 Å². The van der Waals surface area contributed by atoms with Gasteiger partial charge in [-0.3, -0.25) is 0 Å². The molecule has 0 aliphatic heterocycles. The molecule has 0 aliphatic carbocycles. The molecule has 0 aliphatic rings. The van der Waals surface area contributed by atoms with Crippen molar-refractivity contribution < 1.29 is 23.8 Å². The van der Waals surface area contributed by atoms with Gasteiger partial charge in [0, 0.05) is 26.5 Å². The number of aromatic carboxylic acids is 1. The van der Waals surface area contributed by atoms with Crippen molar-refractivity contribution in [2.24, 2.45) is 0 Å². The lowest BCUT2D eigenvalue weighted by atomic mass is 10.1. The normalized spacial score (nSPS) is 12.2. The lowest BCUT2D eigenvalue weighted by Crippen LogP contribution is -2.27. The first-order valence-electron chi connectivity index (χ1n) is 5.37. The summed E-state index contributed by atoms with van der Waals surface area (Å²) in [6.07, 6.45) is -0.207. The topological polar surface area (TPSA) is 67.8 Å². The Labute approximate surface area is 105 Å². The van der Waals surface area contributed by atoms with Crippen molar-refractivity contribution in [3.05, 3.63) is 29.6 Å². The highest BCUT2D eigenvalue weighted by atomic mass is 19.1. The van der Waals surface area contributed by atoms with Crippen LogP contribution in [-0.4, -0.2) is 44.6 Å². The van der Waals surface area contributed by atoms with Gasteiger partial charge in [0.1, 0.15) is 5.82 Å². The number of rotatable bonds is 7. The zero-order valence-corrected chi connectivity index (χ0v) is 10.3. The van der Waals surface area contributed by atoms with Gasteiger partial charge < -0.3 is 19.9 Å². The van der Waals surface area contributed by atoms with E-state index in [9.17, 15) is 9.18 Å². The van der Waals surface area contributed by atoms with Gasteiger partial charge in [-0.25, -0.2) is 9.18 Å². The maximum Gasteiger partial charge on any atom is 0.337 e. The van der Waals surface area contributed by atoms with Gasteiger partial charge in [-0.2, -0.15) is 0 Å². The number of hydrogen-bond donors (Lipinski definition) is 2. The molecule has 1 rings (SSSR count). The monoisotopic (exact) mass is 257 g/mol. The standard InChI is InChI=1S/C12H16FNO4/c1-17-7-9(18-2)6-14-11-4-3-8(13)5-10(11)12(15)16/h3-5,9,14H,6-7H2,1-2H3,(H,15,16). The molecule has 0 heterocycles. The third-order valence-corrected chi connectivity index (χ3v) is 2.42. The predicted molar refractivity (Wildman–Crippen MR) is 64.5 cm³/mol. The van der Waals surface area contributed by atoms with Crippen LogP contribution in [0.15, 0.2) is 18.2 Å². The lowest BCUT2D eigenvalue weighted by Gasteiger charge is -2.16. The van der Waals surface area contributed by atoms with Gasteiger partial charge in [-0.05, 0) is 18.2 Å². The number of carboxylic acid groups (broad SMARTS) is 1. The Bertz CT molecular complexity index is 411. The number of nitrogens with one attached hydrogen (secondary N) is 1. The van der Waals surface area contributed by atoms with Crippen molar-refractivity contribution in [3.63, 3.8) is 0 Å². The first-order valence-corrected chi connectivity index (χ1v) is 5.37. The highest BCUT2D eigenvalue weighted by Crippen LogP contribution is 2.17. The van der Waals surface area contributed by atoms with Crippen molar-refractivity contribution in [2.75, 3.05) is 32.7 Å². The van der Waals surface area contributed by atoms with Crippen LogP contribution in [0.2, 0.25) is 0 Å². The zero-order valence-electron chi connectivity index (χ0n) is 10.3. The molecule has 0 fully saturated rings. The van der Waals surface area contributed by atoms with Gasteiger partial charge >= 0.3 is 5.97 Å². The molecular weight excluding hydrogens is 241 g/mol. The number of anilines is 1. The molecule has 0 amide bonds. The van der Waals surface area contributed by atoms with E-state index in [0.717, 1.165) is 6.07 Å². The molecule has 0 saturated carbocycles. The molecule has 0 bridgehead atoms. The van der Waals surface area contributed by atoms with Gasteiger partial charge in [0.15, 0.2) is 0 Å². The van der Waals surface area contributed by atoms with Crippen LogP contribution in [-0.2, 0) is 9.47 Å². The summed E-state index contributed by atoms with van der Waals surface area (Å²) in [5.74, 6) is -1.77. The SMILES string of the molecule is COCC(CNc1ccc(F)cc1C(=O)O)OC. The number of carboxylic acids is 1. The summed E-state index contributed by atoms with van der Waals surface area (Å²) in [6.45, 7) is 0.753. The Morgan fingerprint density at radius 2 is 2.22 bits per heavy atom. The van der Waals surface area contributed by atoms with E-state index in [0.29, 0.717) is 18.8 Å². The highest BCUT2D eigenvalue weighted by molar-refractivity contribution is 5.94. The maximum absolute atomic E-state index is 13.0. The van der Waals surface area contributed by atoms with E-state index in [1.807, 2.05) is 0 Å². The number of ether oxygens (including phenoxy) is 2. The Balaban J connectivity index is 2.74. The van der Waals surface area contributed by atoms with Crippen molar-refractivity contribution in [2.45, 2.75) is 6.10 Å². The van der Waals surface area contributed by atoms with Crippen molar-refractivity contribution >= 4 is 11.7 Å². The third-order valence-electron chi connectivity index (χ3n) is 2.42. The minimum Gasteiger partial charge on any atom is -0.478 e. The zero-order chi connectivity index (χ0) is 13.5. The van der Waals surface area contributed by atoms with Crippen LogP contribution < -0.4 is 5.32 Å². The van der Waals surface area contributed by atoms with Crippen LogP contribution in [0.3, 0.4) is 0 Å². The molecule has 1 unspecified atom stereocenters. The predicted octanol–water partition coefficient (Wildman–Crippen LogP) is 1.60. The molecular formula is C12H16FNO4. The Morgan fingerprint density at radius 3 is 2.78 bits per heavy atom. The van der Waals surface area contributed by atoms with Crippen LogP contribution in [0.4, 0.5) is 10.1 Å². The molecule has 0 radical (unpaired) electrons. The summed E-state index contributed by atoms with van der Waals surface area (Å²) in [6, 6.07) is 3.56. The van der Waals surface area contributed by atoms with Crippen LogP contribution in [0.5, 0.6) is 0 Å². The second-order valence-corrected chi connectivity index (χ2v) is 3.69. The molecule has 1 aromatic rings. The van der Waals surface area contributed by atoms with E-state index in [2.05, 4.69) is 5.32 Å². The molecule has 0 spiro atoms. The summed E-state index contributed by atoms with van der Waals surface area (Å²) in [4.78, 5) is 11.0. The molecule has 0 aromatic heterocycles. The molecule has 2 N–H and O–H groups in total. The van der Waals surface area contributed by atoms with Gasteiger partial charge in [0.25, 0.3) is 0 Å². The number of methoxy groups -OCH3 is 2. The third kappa shape index (κ3) is 3.97. The first-order chi connectivity index (χ1) is 8.58. The van der Waals surface area contributed by atoms with Gasteiger partial charge in [-0.1, -0.05) is 0 Å². The van der Waals surface area contributed by atoms with Gasteiger partial charge in [0.05, 0.1) is 18.3 Å². The van der Waals surface area contributed by atoms with E-state index >= 15 is 0 Å². The Hall–Kier alpha value is -1.66. The minimum absolute atomic E-state index is 0.109. The molecule has 1 atom stereocenters. The average molecular weight is 257 g/mol. The van der Waals surface area contributed by atoms with E-state index in [-0.39, 0.29) is 11.7 Å². The molecule has 1 aromatic carbocycles. The van der Waals surface area contributed by atoms with Crippen LogP contribution in [0, 0.1) is 5.82 Å². The molecule has 18 heavy (non-hydrogen) atoms. The fraction of sp³-hybridized carbons (Fsp3) is 0.417.